The highest BCUT2D eigenvalue weighted by Crippen LogP contribution is 2.27. The molecule has 1 N–H and O–H groups in total. The molecule has 0 heterocycles. The molecule has 6 heteroatoms. The van der Waals surface area contributed by atoms with Crippen LogP contribution < -0.4 is 14.8 Å². The zero-order chi connectivity index (χ0) is 16.1. The van der Waals surface area contributed by atoms with Crippen molar-refractivity contribution in [2.24, 2.45) is 0 Å². The fourth-order valence-electron chi connectivity index (χ4n) is 1.80. The largest absolute Gasteiger partial charge is 0.495 e. The minimum Gasteiger partial charge on any atom is -0.495 e. The Hall–Kier alpha value is -1.91. The van der Waals surface area contributed by atoms with Gasteiger partial charge in [0.1, 0.15) is 11.5 Å². The summed E-state index contributed by atoms with van der Waals surface area (Å²) in [5, 5.41) is 3.78. The van der Waals surface area contributed by atoms with Crippen molar-refractivity contribution in [2.75, 3.05) is 19.0 Å². The molecular weight excluding hydrogens is 325 g/mol. The molecule has 0 saturated heterocycles. The number of methoxy groups -OCH3 is 1. The molecule has 116 valence electrons. The summed E-state index contributed by atoms with van der Waals surface area (Å²) < 4.78 is 10.5. The smallest absolute Gasteiger partial charge is 0.262 e. The van der Waals surface area contributed by atoms with E-state index in [1.54, 1.807) is 36.4 Å². The molecule has 0 aliphatic rings. The molecule has 22 heavy (non-hydrogen) atoms. The number of carbonyl (C=O) groups excluding carboxylic acids is 1. The quantitative estimate of drug-likeness (QED) is 0.881. The minimum absolute atomic E-state index is 0.106. The molecular formula is C16H15Cl2NO3. The predicted molar refractivity (Wildman–Crippen MR) is 88.3 cm³/mol. The van der Waals surface area contributed by atoms with Crippen LogP contribution in [-0.4, -0.2) is 19.6 Å². The lowest BCUT2D eigenvalue weighted by Crippen LogP contribution is -2.20. The van der Waals surface area contributed by atoms with Gasteiger partial charge in [-0.15, -0.1) is 0 Å². The molecule has 1 amide bonds. The van der Waals surface area contributed by atoms with Crippen LogP contribution in [0.25, 0.3) is 0 Å². The van der Waals surface area contributed by atoms with E-state index in [0.29, 0.717) is 27.2 Å². The molecule has 0 atom stereocenters. The van der Waals surface area contributed by atoms with Gasteiger partial charge in [-0.1, -0.05) is 23.2 Å². The first-order valence-electron chi connectivity index (χ1n) is 6.52. The van der Waals surface area contributed by atoms with Crippen LogP contribution in [0.4, 0.5) is 5.69 Å². The molecule has 0 radical (unpaired) electrons. The summed E-state index contributed by atoms with van der Waals surface area (Å²) in [6.07, 6.45) is 0. The third-order valence-corrected chi connectivity index (χ3v) is 3.65. The Balaban J connectivity index is 1.92. The van der Waals surface area contributed by atoms with Gasteiger partial charge in [-0.25, -0.2) is 0 Å². The van der Waals surface area contributed by atoms with Gasteiger partial charge in [0.05, 0.1) is 12.1 Å². The lowest BCUT2D eigenvalue weighted by Gasteiger charge is -2.10. The average Bonchev–Trinajstić information content (AvgIpc) is 2.49. The zero-order valence-corrected chi connectivity index (χ0v) is 13.7. The van der Waals surface area contributed by atoms with Crippen LogP contribution in [0.1, 0.15) is 5.56 Å². The Labute approximate surface area is 138 Å². The van der Waals surface area contributed by atoms with E-state index in [9.17, 15) is 4.79 Å². The van der Waals surface area contributed by atoms with Crippen molar-refractivity contribution in [1.29, 1.82) is 0 Å². The SMILES string of the molecule is COc1ccc(NC(=O)COc2ccc(Cl)c(C)c2)cc1Cl. The summed E-state index contributed by atoms with van der Waals surface area (Å²) in [6.45, 7) is 1.76. The fraction of sp³-hybridized carbons (Fsp3) is 0.188. The second-order valence-corrected chi connectivity index (χ2v) is 5.41. The van der Waals surface area contributed by atoms with E-state index in [-0.39, 0.29) is 12.5 Å². The van der Waals surface area contributed by atoms with Gasteiger partial charge in [-0.3, -0.25) is 4.79 Å². The second kappa shape index (κ2) is 7.38. The number of rotatable bonds is 5. The summed E-state index contributed by atoms with van der Waals surface area (Å²) in [6, 6.07) is 10.2. The fourth-order valence-corrected chi connectivity index (χ4v) is 2.17. The lowest BCUT2D eigenvalue weighted by molar-refractivity contribution is -0.118. The van der Waals surface area contributed by atoms with E-state index in [1.807, 2.05) is 6.92 Å². The van der Waals surface area contributed by atoms with Crippen molar-refractivity contribution < 1.29 is 14.3 Å². The summed E-state index contributed by atoms with van der Waals surface area (Å²) >= 11 is 11.9. The summed E-state index contributed by atoms with van der Waals surface area (Å²) in [7, 11) is 1.53. The van der Waals surface area contributed by atoms with Crippen LogP contribution in [0.3, 0.4) is 0 Å². The van der Waals surface area contributed by atoms with Gasteiger partial charge in [-0.2, -0.15) is 0 Å². The highest BCUT2D eigenvalue weighted by Gasteiger charge is 2.07. The van der Waals surface area contributed by atoms with Gasteiger partial charge in [0, 0.05) is 10.7 Å². The molecule has 0 spiro atoms. The highest BCUT2D eigenvalue weighted by atomic mass is 35.5. The maximum Gasteiger partial charge on any atom is 0.262 e. The van der Waals surface area contributed by atoms with Crippen molar-refractivity contribution in [1.82, 2.24) is 0 Å². The third kappa shape index (κ3) is 4.29. The number of benzene rings is 2. The normalized spacial score (nSPS) is 10.2. The van der Waals surface area contributed by atoms with E-state index in [4.69, 9.17) is 32.7 Å². The lowest BCUT2D eigenvalue weighted by atomic mass is 10.2. The van der Waals surface area contributed by atoms with Gasteiger partial charge >= 0.3 is 0 Å². The van der Waals surface area contributed by atoms with Gasteiger partial charge < -0.3 is 14.8 Å². The van der Waals surface area contributed by atoms with Crippen molar-refractivity contribution in [2.45, 2.75) is 6.92 Å². The van der Waals surface area contributed by atoms with Crippen LogP contribution in [0.5, 0.6) is 11.5 Å². The monoisotopic (exact) mass is 339 g/mol. The molecule has 0 aliphatic heterocycles. The Morgan fingerprint density at radius 2 is 1.91 bits per heavy atom. The highest BCUT2D eigenvalue weighted by molar-refractivity contribution is 6.32. The van der Waals surface area contributed by atoms with E-state index < -0.39 is 0 Å². The van der Waals surface area contributed by atoms with E-state index in [0.717, 1.165) is 5.56 Å². The number of anilines is 1. The molecule has 4 nitrogen and oxygen atoms in total. The summed E-state index contributed by atoms with van der Waals surface area (Å²) in [5.74, 6) is 0.853. The van der Waals surface area contributed by atoms with Crippen LogP contribution in [0.15, 0.2) is 36.4 Å². The number of carbonyl (C=O) groups is 1. The first-order valence-corrected chi connectivity index (χ1v) is 7.27. The molecule has 0 unspecified atom stereocenters. The minimum atomic E-state index is -0.283. The number of nitrogens with one attached hydrogen (secondary N) is 1. The molecule has 2 rings (SSSR count). The number of halogens is 2. The average molecular weight is 340 g/mol. The Morgan fingerprint density at radius 3 is 2.55 bits per heavy atom. The maximum absolute atomic E-state index is 11.9. The number of aryl methyl sites for hydroxylation is 1. The summed E-state index contributed by atoms with van der Waals surface area (Å²) in [5.41, 5.74) is 1.47. The van der Waals surface area contributed by atoms with Crippen LogP contribution in [-0.2, 0) is 4.79 Å². The van der Waals surface area contributed by atoms with Crippen molar-refractivity contribution in [3.8, 4) is 11.5 Å². The number of hydrogen-bond donors (Lipinski definition) is 1. The molecule has 0 saturated carbocycles. The zero-order valence-electron chi connectivity index (χ0n) is 12.2. The van der Waals surface area contributed by atoms with E-state index >= 15 is 0 Å². The van der Waals surface area contributed by atoms with Crippen LogP contribution >= 0.6 is 23.2 Å². The van der Waals surface area contributed by atoms with Gasteiger partial charge in [0.25, 0.3) is 5.91 Å². The number of amides is 1. The first kappa shape index (κ1) is 16.5. The summed E-state index contributed by atoms with van der Waals surface area (Å²) in [4.78, 5) is 11.9. The Bertz CT molecular complexity index is 689. The van der Waals surface area contributed by atoms with Crippen molar-refractivity contribution >= 4 is 34.8 Å². The van der Waals surface area contributed by atoms with Gasteiger partial charge in [-0.05, 0) is 48.9 Å². The van der Waals surface area contributed by atoms with E-state index in [1.165, 1.54) is 7.11 Å². The molecule has 0 fully saturated rings. The Morgan fingerprint density at radius 1 is 1.14 bits per heavy atom. The van der Waals surface area contributed by atoms with E-state index in [2.05, 4.69) is 5.32 Å². The topological polar surface area (TPSA) is 47.6 Å². The van der Waals surface area contributed by atoms with Gasteiger partial charge in [0.15, 0.2) is 6.61 Å². The van der Waals surface area contributed by atoms with Gasteiger partial charge in [0.2, 0.25) is 0 Å². The number of hydrogen-bond acceptors (Lipinski definition) is 3. The predicted octanol–water partition coefficient (Wildman–Crippen LogP) is 4.33. The second-order valence-electron chi connectivity index (χ2n) is 4.60. The van der Waals surface area contributed by atoms with Crippen molar-refractivity contribution in [3.63, 3.8) is 0 Å². The van der Waals surface area contributed by atoms with Crippen molar-refractivity contribution in [3.05, 3.63) is 52.0 Å². The molecule has 2 aromatic rings. The standard InChI is InChI=1S/C16H15Cl2NO3/c1-10-7-12(4-5-13(10)17)22-9-16(20)19-11-3-6-15(21-2)14(18)8-11/h3-8H,9H2,1-2H3,(H,19,20). The maximum atomic E-state index is 11.9. The third-order valence-electron chi connectivity index (χ3n) is 2.93. The molecule has 0 bridgehead atoms. The molecule has 0 aliphatic carbocycles. The van der Waals surface area contributed by atoms with Crippen LogP contribution in [0, 0.1) is 6.92 Å². The number of ether oxygens (including phenoxy) is 2. The first-order chi connectivity index (χ1) is 10.5. The molecule has 2 aromatic carbocycles. The van der Waals surface area contributed by atoms with Crippen LogP contribution in [0.2, 0.25) is 10.0 Å². The molecule has 0 aromatic heterocycles. The Kier molecular flexibility index (Phi) is 5.52.